The standard InChI is InChI=1S/C11H20N2O2S/c1-3-12-7-11-13-10(9-16-11)8-15-6-5-14-4-2/h9,12H,3-8H2,1-2H3. The summed E-state index contributed by atoms with van der Waals surface area (Å²) in [4.78, 5) is 4.46. The molecule has 0 aliphatic carbocycles. The van der Waals surface area contributed by atoms with Gasteiger partial charge in [0.25, 0.3) is 0 Å². The van der Waals surface area contributed by atoms with Crippen molar-refractivity contribution in [1.82, 2.24) is 10.3 Å². The van der Waals surface area contributed by atoms with Gasteiger partial charge in [-0.25, -0.2) is 4.98 Å². The molecule has 0 radical (unpaired) electrons. The number of thiazole rings is 1. The number of hydrogen-bond acceptors (Lipinski definition) is 5. The molecular formula is C11H20N2O2S. The van der Waals surface area contributed by atoms with Crippen LogP contribution in [0.1, 0.15) is 24.5 Å². The Bertz CT molecular complexity index is 279. The van der Waals surface area contributed by atoms with Gasteiger partial charge in [0, 0.05) is 18.5 Å². The molecule has 1 rings (SSSR count). The largest absolute Gasteiger partial charge is 0.379 e. The molecule has 0 atom stereocenters. The highest BCUT2D eigenvalue weighted by molar-refractivity contribution is 7.09. The fourth-order valence-corrected chi connectivity index (χ4v) is 1.92. The van der Waals surface area contributed by atoms with E-state index in [9.17, 15) is 0 Å². The van der Waals surface area contributed by atoms with Crippen LogP contribution in [0, 0.1) is 0 Å². The van der Waals surface area contributed by atoms with E-state index in [1.54, 1.807) is 11.3 Å². The molecule has 0 saturated heterocycles. The molecule has 1 N–H and O–H groups in total. The van der Waals surface area contributed by atoms with Crippen LogP contribution in [0.3, 0.4) is 0 Å². The zero-order chi connectivity index (χ0) is 11.6. The van der Waals surface area contributed by atoms with Gasteiger partial charge in [-0.15, -0.1) is 11.3 Å². The molecule has 0 aliphatic heterocycles. The summed E-state index contributed by atoms with van der Waals surface area (Å²) in [5.41, 5.74) is 1.01. The molecule has 1 aromatic rings. The Hall–Kier alpha value is -0.490. The fraction of sp³-hybridized carbons (Fsp3) is 0.727. The topological polar surface area (TPSA) is 43.4 Å². The lowest BCUT2D eigenvalue weighted by Crippen LogP contribution is -2.11. The Kier molecular flexibility index (Phi) is 7.33. The SMILES string of the molecule is CCNCc1nc(COCCOCC)cs1. The molecule has 4 nitrogen and oxygen atoms in total. The van der Waals surface area contributed by atoms with Crippen LogP contribution in [-0.2, 0) is 22.6 Å². The predicted octanol–water partition coefficient (Wildman–Crippen LogP) is 1.81. The molecule has 16 heavy (non-hydrogen) atoms. The zero-order valence-electron chi connectivity index (χ0n) is 9.99. The van der Waals surface area contributed by atoms with E-state index in [1.165, 1.54) is 0 Å². The fourth-order valence-electron chi connectivity index (χ4n) is 1.17. The van der Waals surface area contributed by atoms with Crippen LogP contribution in [0.25, 0.3) is 0 Å². The zero-order valence-corrected chi connectivity index (χ0v) is 10.8. The van der Waals surface area contributed by atoms with Gasteiger partial charge in [-0.3, -0.25) is 0 Å². The molecule has 5 heteroatoms. The molecule has 0 aliphatic rings. The lowest BCUT2D eigenvalue weighted by molar-refractivity contribution is 0.0442. The van der Waals surface area contributed by atoms with Crippen LogP contribution in [0.15, 0.2) is 5.38 Å². The normalized spacial score (nSPS) is 10.9. The smallest absolute Gasteiger partial charge is 0.107 e. The van der Waals surface area contributed by atoms with E-state index in [0.717, 1.165) is 30.4 Å². The molecule has 0 unspecified atom stereocenters. The quantitative estimate of drug-likeness (QED) is 0.673. The molecular weight excluding hydrogens is 224 g/mol. The van der Waals surface area contributed by atoms with Crippen molar-refractivity contribution in [2.24, 2.45) is 0 Å². The Morgan fingerprint density at radius 3 is 2.88 bits per heavy atom. The average molecular weight is 244 g/mol. The van der Waals surface area contributed by atoms with Crippen molar-refractivity contribution in [2.75, 3.05) is 26.4 Å². The molecule has 92 valence electrons. The third kappa shape index (κ3) is 5.55. The van der Waals surface area contributed by atoms with Crippen LogP contribution in [0.5, 0.6) is 0 Å². The van der Waals surface area contributed by atoms with E-state index in [1.807, 2.05) is 12.3 Å². The van der Waals surface area contributed by atoms with Crippen LogP contribution in [0.4, 0.5) is 0 Å². The molecule has 0 fully saturated rings. The Balaban J connectivity index is 2.14. The van der Waals surface area contributed by atoms with Gasteiger partial charge >= 0.3 is 0 Å². The predicted molar refractivity (Wildman–Crippen MR) is 65.6 cm³/mol. The number of ether oxygens (including phenoxy) is 2. The number of nitrogens with zero attached hydrogens (tertiary/aromatic N) is 1. The average Bonchev–Trinajstić information content (AvgIpc) is 2.74. The van der Waals surface area contributed by atoms with E-state index in [2.05, 4.69) is 17.2 Å². The molecule has 1 aromatic heterocycles. The maximum atomic E-state index is 5.44. The highest BCUT2D eigenvalue weighted by Crippen LogP contribution is 2.10. The third-order valence-corrected chi connectivity index (χ3v) is 2.85. The van der Waals surface area contributed by atoms with Gasteiger partial charge in [-0.1, -0.05) is 6.92 Å². The summed E-state index contributed by atoms with van der Waals surface area (Å²) in [7, 11) is 0. The van der Waals surface area contributed by atoms with Gasteiger partial charge in [0.15, 0.2) is 0 Å². The summed E-state index contributed by atoms with van der Waals surface area (Å²) in [6, 6.07) is 0. The summed E-state index contributed by atoms with van der Waals surface area (Å²) < 4.78 is 10.6. The number of rotatable bonds is 9. The van der Waals surface area contributed by atoms with E-state index in [4.69, 9.17) is 9.47 Å². The Morgan fingerprint density at radius 2 is 2.12 bits per heavy atom. The highest BCUT2D eigenvalue weighted by atomic mass is 32.1. The summed E-state index contributed by atoms with van der Waals surface area (Å²) in [6.07, 6.45) is 0. The van der Waals surface area contributed by atoms with Crippen LogP contribution in [-0.4, -0.2) is 31.3 Å². The maximum Gasteiger partial charge on any atom is 0.107 e. The molecule has 0 spiro atoms. The minimum atomic E-state index is 0.579. The highest BCUT2D eigenvalue weighted by Gasteiger charge is 2.01. The first kappa shape index (κ1) is 13.6. The molecule has 1 heterocycles. The molecule has 0 saturated carbocycles. The minimum Gasteiger partial charge on any atom is -0.379 e. The van der Waals surface area contributed by atoms with Gasteiger partial charge in [-0.05, 0) is 13.5 Å². The lowest BCUT2D eigenvalue weighted by Gasteiger charge is -2.01. The first-order valence-electron chi connectivity index (χ1n) is 5.66. The van der Waals surface area contributed by atoms with E-state index in [0.29, 0.717) is 19.8 Å². The maximum absolute atomic E-state index is 5.44. The van der Waals surface area contributed by atoms with Crippen molar-refractivity contribution in [3.05, 3.63) is 16.1 Å². The van der Waals surface area contributed by atoms with Crippen LogP contribution >= 0.6 is 11.3 Å². The van der Waals surface area contributed by atoms with Gasteiger partial charge in [0.1, 0.15) is 5.01 Å². The van der Waals surface area contributed by atoms with Crippen LogP contribution < -0.4 is 5.32 Å². The number of aromatic nitrogens is 1. The minimum absolute atomic E-state index is 0.579. The van der Waals surface area contributed by atoms with Gasteiger partial charge in [0.2, 0.25) is 0 Å². The van der Waals surface area contributed by atoms with Gasteiger partial charge < -0.3 is 14.8 Å². The van der Waals surface area contributed by atoms with Crippen molar-refractivity contribution in [1.29, 1.82) is 0 Å². The van der Waals surface area contributed by atoms with Crippen molar-refractivity contribution in [3.8, 4) is 0 Å². The number of nitrogens with one attached hydrogen (secondary N) is 1. The lowest BCUT2D eigenvalue weighted by atomic mass is 10.5. The van der Waals surface area contributed by atoms with Crippen molar-refractivity contribution in [2.45, 2.75) is 27.0 Å². The Labute approximate surface area is 101 Å². The van der Waals surface area contributed by atoms with Crippen molar-refractivity contribution < 1.29 is 9.47 Å². The second-order valence-electron chi connectivity index (χ2n) is 3.26. The third-order valence-electron chi connectivity index (χ3n) is 1.95. The van der Waals surface area contributed by atoms with E-state index < -0.39 is 0 Å². The summed E-state index contributed by atoms with van der Waals surface area (Å²) >= 11 is 1.67. The monoisotopic (exact) mass is 244 g/mol. The summed E-state index contributed by atoms with van der Waals surface area (Å²) in [6.45, 7) is 8.50. The molecule has 0 bridgehead atoms. The van der Waals surface area contributed by atoms with Gasteiger partial charge in [0.05, 0.1) is 25.5 Å². The second kappa shape index (κ2) is 8.64. The van der Waals surface area contributed by atoms with Gasteiger partial charge in [-0.2, -0.15) is 0 Å². The first-order chi connectivity index (χ1) is 7.86. The van der Waals surface area contributed by atoms with Crippen LogP contribution in [0.2, 0.25) is 0 Å². The number of hydrogen-bond donors (Lipinski definition) is 1. The Morgan fingerprint density at radius 1 is 1.31 bits per heavy atom. The molecule has 0 aromatic carbocycles. The first-order valence-corrected chi connectivity index (χ1v) is 6.54. The summed E-state index contributed by atoms with van der Waals surface area (Å²) in [5, 5.41) is 6.41. The van der Waals surface area contributed by atoms with Crippen molar-refractivity contribution >= 4 is 11.3 Å². The van der Waals surface area contributed by atoms with Crippen molar-refractivity contribution in [3.63, 3.8) is 0 Å². The second-order valence-corrected chi connectivity index (χ2v) is 4.21. The summed E-state index contributed by atoms with van der Waals surface area (Å²) in [5.74, 6) is 0. The van der Waals surface area contributed by atoms with E-state index in [-0.39, 0.29) is 0 Å². The molecule has 0 amide bonds. The van der Waals surface area contributed by atoms with E-state index >= 15 is 0 Å².